The molecule has 2 rings (SSSR count). The number of methoxy groups -OCH3 is 1. The molecule has 0 unspecified atom stereocenters. The van der Waals surface area contributed by atoms with E-state index in [0.29, 0.717) is 13.2 Å². The van der Waals surface area contributed by atoms with Crippen molar-refractivity contribution in [3.8, 4) is 0 Å². The molecule has 1 aromatic heterocycles. The maximum atomic E-state index is 5.83. The van der Waals surface area contributed by atoms with Crippen LogP contribution in [-0.2, 0) is 15.1 Å². The van der Waals surface area contributed by atoms with Gasteiger partial charge in [-0.3, -0.25) is 0 Å². The normalized spacial score (nSPS) is 20.5. The van der Waals surface area contributed by atoms with Crippen molar-refractivity contribution in [2.24, 2.45) is 0 Å². The van der Waals surface area contributed by atoms with Gasteiger partial charge < -0.3 is 9.47 Å². The largest absolute Gasteiger partial charge is 0.374 e. The molecule has 66 valence electrons. The van der Waals surface area contributed by atoms with E-state index in [2.05, 4.69) is 0 Å². The number of thiophene rings is 1. The molecule has 0 aliphatic carbocycles. The van der Waals surface area contributed by atoms with Crippen LogP contribution >= 0.6 is 22.9 Å². The summed E-state index contributed by atoms with van der Waals surface area (Å²) in [5.41, 5.74) is -0.211. The summed E-state index contributed by atoms with van der Waals surface area (Å²) in [7, 11) is 1.70. The van der Waals surface area contributed by atoms with Crippen molar-refractivity contribution in [2.45, 2.75) is 5.60 Å². The smallest absolute Gasteiger partial charge is 0.148 e. The van der Waals surface area contributed by atoms with Gasteiger partial charge in [0.1, 0.15) is 5.60 Å². The third-order valence-corrected chi connectivity index (χ3v) is 3.50. The van der Waals surface area contributed by atoms with Gasteiger partial charge in [0.05, 0.1) is 17.6 Å². The van der Waals surface area contributed by atoms with Crippen LogP contribution in [0.1, 0.15) is 4.88 Å². The van der Waals surface area contributed by atoms with Crippen molar-refractivity contribution >= 4 is 22.9 Å². The second-order valence-electron chi connectivity index (χ2n) is 2.79. The summed E-state index contributed by atoms with van der Waals surface area (Å²) in [5.74, 6) is 0. The molecule has 0 N–H and O–H groups in total. The topological polar surface area (TPSA) is 18.5 Å². The SMILES string of the molecule is COC1(c2ccc(Cl)s2)COC1. The zero-order chi connectivity index (χ0) is 8.60. The van der Waals surface area contributed by atoms with Crippen LogP contribution in [0.25, 0.3) is 0 Å². The summed E-state index contributed by atoms with van der Waals surface area (Å²) in [6, 6.07) is 3.89. The summed E-state index contributed by atoms with van der Waals surface area (Å²) in [6.45, 7) is 1.28. The molecule has 0 aromatic carbocycles. The van der Waals surface area contributed by atoms with Crippen molar-refractivity contribution in [1.82, 2.24) is 0 Å². The van der Waals surface area contributed by atoms with Gasteiger partial charge in [0.25, 0.3) is 0 Å². The molecule has 0 saturated carbocycles. The first-order valence-corrected chi connectivity index (χ1v) is 4.85. The van der Waals surface area contributed by atoms with Crippen molar-refractivity contribution in [3.63, 3.8) is 0 Å². The molecule has 0 radical (unpaired) electrons. The van der Waals surface area contributed by atoms with E-state index in [9.17, 15) is 0 Å². The highest BCUT2D eigenvalue weighted by atomic mass is 35.5. The molecule has 0 spiro atoms. The Labute approximate surface area is 80.1 Å². The van der Waals surface area contributed by atoms with Gasteiger partial charge in [-0.25, -0.2) is 0 Å². The van der Waals surface area contributed by atoms with Gasteiger partial charge in [0.2, 0.25) is 0 Å². The van der Waals surface area contributed by atoms with E-state index in [0.717, 1.165) is 9.21 Å². The van der Waals surface area contributed by atoms with Gasteiger partial charge in [-0.05, 0) is 12.1 Å². The molecule has 1 aromatic rings. The first-order valence-electron chi connectivity index (χ1n) is 3.65. The Morgan fingerprint density at radius 3 is 2.67 bits per heavy atom. The first-order chi connectivity index (χ1) is 5.77. The molecule has 0 atom stereocenters. The fourth-order valence-corrected chi connectivity index (χ4v) is 2.39. The highest BCUT2D eigenvalue weighted by Crippen LogP contribution is 2.38. The summed E-state index contributed by atoms with van der Waals surface area (Å²) in [4.78, 5) is 1.15. The lowest BCUT2D eigenvalue weighted by molar-refractivity contribution is -0.200. The minimum Gasteiger partial charge on any atom is -0.374 e. The molecule has 2 nitrogen and oxygen atoms in total. The highest BCUT2D eigenvalue weighted by Gasteiger charge is 2.41. The maximum absolute atomic E-state index is 5.83. The first kappa shape index (κ1) is 8.51. The molecule has 12 heavy (non-hydrogen) atoms. The van der Waals surface area contributed by atoms with Crippen LogP contribution in [-0.4, -0.2) is 20.3 Å². The Morgan fingerprint density at radius 2 is 2.33 bits per heavy atom. The highest BCUT2D eigenvalue weighted by molar-refractivity contribution is 7.16. The Balaban J connectivity index is 2.27. The monoisotopic (exact) mass is 204 g/mol. The quantitative estimate of drug-likeness (QED) is 0.736. The number of ether oxygens (including phenoxy) is 2. The van der Waals surface area contributed by atoms with E-state index in [1.807, 2.05) is 12.1 Å². The zero-order valence-corrected chi connectivity index (χ0v) is 8.24. The lowest BCUT2D eigenvalue weighted by atomic mass is 10.0. The average Bonchev–Trinajstić information content (AvgIpc) is 2.35. The summed E-state index contributed by atoms with van der Waals surface area (Å²) < 4.78 is 11.3. The summed E-state index contributed by atoms with van der Waals surface area (Å²) in [5, 5.41) is 0. The van der Waals surface area contributed by atoms with Gasteiger partial charge in [-0.1, -0.05) is 11.6 Å². The van der Waals surface area contributed by atoms with Crippen LogP contribution in [0, 0.1) is 0 Å². The predicted molar refractivity (Wildman–Crippen MR) is 48.8 cm³/mol. The predicted octanol–water partition coefficient (Wildman–Crippen LogP) is 2.27. The molecular weight excluding hydrogens is 196 g/mol. The fraction of sp³-hybridized carbons (Fsp3) is 0.500. The van der Waals surface area contributed by atoms with Crippen LogP contribution in [0.4, 0.5) is 0 Å². The molecule has 1 aliphatic rings. The van der Waals surface area contributed by atoms with Gasteiger partial charge >= 0.3 is 0 Å². The van der Waals surface area contributed by atoms with Crippen LogP contribution < -0.4 is 0 Å². The molecule has 0 bridgehead atoms. The number of rotatable bonds is 2. The third kappa shape index (κ3) is 1.17. The van der Waals surface area contributed by atoms with E-state index in [-0.39, 0.29) is 5.60 Å². The van der Waals surface area contributed by atoms with Crippen LogP contribution in [0.2, 0.25) is 4.34 Å². The molecular formula is C8H9ClO2S. The van der Waals surface area contributed by atoms with E-state index in [1.165, 1.54) is 0 Å². The van der Waals surface area contributed by atoms with E-state index in [1.54, 1.807) is 18.4 Å². The Morgan fingerprint density at radius 1 is 1.58 bits per heavy atom. The maximum Gasteiger partial charge on any atom is 0.148 e. The van der Waals surface area contributed by atoms with Crippen LogP contribution in [0.5, 0.6) is 0 Å². The lowest BCUT2D eigenvalue weighted by Gasteiger charge is -2.39. The molecule has 0 amide bonds. The fourth-order valence-electron chi connectivity index (χ4n) is 1.21. The second-order valence-corrected chi connectivity index (χ2v) is 4.51. The van der Waals surface area contributed by atoms with Gasteiger partial charge in [-0.2, -0.15) is 0 Å². The Hall–Kier alpha value is -0.0900. The third-order valence-electron chi connectivity index (χ3n) is 2.08. The Bertz CT molecular complexity index is 275. The van der Waals surface area contributed by atoms with Crippen molar-refractivity contribution in [2.75, 3.05) is 20.3 Å². The summed E-state index contributed by atoms with van der Waals surface area (Å²) in [6.07, 6.45) is 0. The average molecular weight is 205 g/mol. The van der Waals surface area contributed by atoms with E-state index < -0.39 is 0 Å². The Kier molecular flexibility index (Phi) is 2.12. The van der Waals surface area contributed by atoms with Crippen molar-refractivity contribution in [1.29, 1.82) is 0 Å². The molecule has 1 fully saturated rings. The van der Waals surface area contributed by atoms with Crippen LogP contribution in [0.15, 0.2) is 12.1 Å². The number of hydrogen-bond donors (Lipinski definition) is 0. The summed E-state index contributed by atoms with van der Waals surface area (Å²) >= 11 is 7.38. The molecule has 4 heteroatoms. The minimum absolute atomic E-state index is 0.211. The lowest BCUT2D eigenvalue weighted by Crippen LogP contribution is -2.47. The molecule has 1 aliphatic heterocycles. The van der Waals surface area contributed by atoms with Gasteiger partial charge in [0, 0.05) is 12.0 Å². The van der Waals surface area contributed by atoms with Crippen molar-refractivity contribution in [3.05, 3.63) is 21.3 Å². The van der Waals surface area contributed by atoms with Crippen LogP contribution in [0.3, 0.4) is 0 Å². The minimum atomic E-state index is -0.211. The standard InChI is InChI=1S/C8H9ClO2S/c1-10-8(4-11-5-8)6-2-3-7(9)12-6/h2-3H,4-5H2,1H3. The second kappa shape index (κ2) is 3.00. The number of hydrogen-bond acceptors (Lipinski definition) is 3. The number of halogens is 1. The molecule has 1 saturated heterocycles. The van der Waals surface area contributed by atoms with Gasteiger partial charge in [-0.15, -0.1) is 11.3 Å². The van der Waals surface area contributed by atoms with E-state index >= 15 is 0 Å². The van der Waals surface area contributed by atoms with E-state index in [4.69, 9.17) is 21.1 Å². The van der Waals surface area contributed by atoms with Gasteiger partial charge in [0.15, 0.2) is 0 Å². The zero-order valence-electron chi connectivity index (χ0n) is 6.67. The molecule has 2 heterocycles. The van der Waals surface area contributed by atoms with Crippen molar-refractivity contribution < 1.29 is 9.47 Å².